The van der Waals surface area contributed by atoms with E-state index in [1.807, 2.05) is 12.3 Å². The first-order valence-corrected chi connectivity index (χ1v) is 9.37. The van der Waals surface area contributed by atoms with Gasteiger partial charge in [0.2, 0.25) is 0 Å². The van der Waals surface area contributed by atoms with Gasteiger partial charge >= 0.3 is 0 Å². The number of nitrogens with zero attached hydrogens (tertiary/aromatic N) is 3. The van der Waals surface area contributed by atoms with Crippen molar-refractivity contribution in [1.82, 2.24) is 20.1 Å². The summed E-state index contributed by atoms with van der Waals surface area (Å²) in [6.07, 6.45) is 7.23. The van der Waals surface area contributed by atoms with Crippen molar-refractivity contribution >= 4 is 0 Å². The maximum atomic E-state index is 4.44. The van der Waals surface area contributed by atoms with E-state index in [0.29, 0.717) is 6.04 Å². The molecule has 4 nitrogen and oxygen atoms in total. The fourth-order valence-corrected chi connectivity index (χ4v) is 3.93. The highest BCUT2D eigenvalue weighted by molar-refractivity contribution is 5.03. The van der Waals surface area contributed by atoms with Crippen LogP contribution in [-0.2, 0) is 6.54 Å². The van der Waals surface area contributed by atoms with E-state index in [0.717, 1.165) is 19.0 Å². The van der Waals surface area contributed by atoms with Gasteiger partial charge in [0.15, 0.2) is 0 Å². The summed E-state index contributed by atoms with van der Waals surface area (Å²) in [6.45, 7) is 10.7. The summed E-state index contributed by atoms with van der Waals surface area (Å²) < 4.78 is 0. The highest BCUT2D eigenvalue weighted by Crippen LogP contribution is 2.15. The molecule has 0 saturated carbocycles. The fraction of sp³-hybridized carbons (Fsp3) is 0.737. The number of aromatic nitrogens is 1. The third-order valence-corrected chi connectivity index (χ3v) is 5.30. The van der Waals surface area contributed by atoms with E-state index in [9.17, 15) is 0 Å². The van der Waals surface area contributed by atoms with Crippen molar-refractivity contribution in [3.05, 3.63) is 30.1 Å². The Morgan fingerprint density at radius 1 is 1.13 bits per heavy atom. The Morgan fingerprint density at radius 3 is 2.74 bits per heavy atom. The van der Waals surface area contributed by atoms with Crippen LogP contribution in [0.2, 0.25) is 0 Å². The number of rotatable bonds is 6. The van der Waals surface area contributed by atoms with Gasteiger partial charge in [0.05, 0.1) is 5.69 Å². The van der Waals surface area contributed by atoms with Crippen LogP contribution in [0.15, 0.2) is 24.4 Å². The molecule has 1 aromatic rings. The van der Waals surface area contributed by atoms with E-state index in [1.54, 1.807) is 0 Å². The molecular weight excluding hydrogens is 284 g/mol. The van der Waals surface area contributed by atoms with E-state index >= 15 is 0 Å². The van der Waals surface area contributed by atoms with Crippen LogP contribution in [0.4, 0.5) is 0 Å². The third kappa shape index (κ3) is 5.55. The van der Waals surface area contributed by atoms with Gasteiger partial charge < -0.3 is 10.2 Å². The van der Waals surface area contributed by atoms with Gasteiger partial charge in [-0.3, -0.25) is 9.88 Å². The van der Waals surface area contributed by atoms with Gasteiger partial charge in [0, 0.05) is 51.5 Å². The minimum absolute atomic E-state index is 0.706. The summed E-state index contributed by atoms with van der Waals surface area (Å²) in [5.41, 5.74) is 1.19. The first-order valence-electron chi connectivity index (χ1n) is 9.37. The van der Waals surface area contributed by atoms with Crippen molar-refractivity contribution in [3.63, 3.8) is 0 Å². The third-order valence-electron chi connectivity index (χ3n) is 5.30. The van der Waals surface area contributed by atoms with Gasteiger partial charge in [0.25, 0.3) is 0 Å². The lowest BCUT2D eigenvalue weighted by molar-refractivity contribution is 0.167. The SMILES string of the molecule is C[C@@H]1CCCN(CCNC2CCN(Cc3ccccn3)CC2)C1. The zero-order valence-corrected chi connectivity index (χ0v) is 14.6. The molecule has 2 aliphatic heterocycles. The van der Waals surface area contributed by atoms with E-state index in [4.69, 9.17) is 0 Å². The molecule has 1 atom stereocenters. The zero-order chi connectivity index (χ0) is 15.9. The van der Waals surface area contributed by atoms with E-state index in [2.05, 4.69) is 39.2 Å². The molecule has 0 spiro atoms. The van der Waals surface area contributed by atoms with Crippen LogP contribution in [0.5, 0.6) is 0 Å². The minimum Gasteiger partial charge on any atom is -0.313 e. The van der Waals surface area contributed by atoms with Crippen molar-refractivity contribution in [2.24, 2.45) is 5.92 Å². The Hall–Kier alpha value is -0.970. The van der Waals surface area contributed by atoms with Crippen LogP contribution in [-0.4, -0.2) is 60.1 Å². The Kier molecular flexibility index (Phi) is 6.43. The van der Waals surface area contributed by atoms with Gasteiger partial charge in [-0.1, -0.05) is 13.0 Å². The average molecular weight is 316 g/mol. The quantitative estimate of drug-likeness (QED) is 0.873. The molecule has 1 N–H and O–H groups in total. The van der Waals surface area contributed by atoms with Crippen LogP contribution in [0.3, 0.4) is 0 Å². The summed E-state index contributed by atoms with van der Waals surface area (Å²) in [5, 5.41) is 3.78. The van der Waals surface area contributed by atoms with Crippen LogP contribution in [0.25, 0.3) is 0 Å². The number of piperidine rings is 2. The fourth-order valence-electron chi connectivity index (χ4n) is 3.93. The predicted octanol–water partition coefficient (Wildman–Crippen LogP) is 2.37. The monoisotopic (exact) mass is 316 g/mol. The first kappa shape index (κ1) is 16.9. The summed E-state index contributed by atoms with van der Waals surface area (Å²) in [5.74, 6) is 0.888. The highest BCUT2D eigenvalue weighted by atomic mass is 15.2. The van der Waals surface area contributed by atoms with Crippen LogP contribution < -0.4 is 5.32 Å². The largest absolute Gasteiger partial charge is 0.313 e. The lowest BCUT2D eigenvalue weighted by atomic mass is 10.0. The lowest BCUT2D eigenvalue weighted by Crippen LogP contribution is -2.45. The molecule has 23 heavy (non-hydrogen) atoms. The second-order valence-electron chi connectivity index (χ2n) is 7.37. The molecule has 0 bridgehead atoms. The van der Waals surface area contributed by atoms with Crippen molar-refractivity contribution in [3.8, 4) is 0 Å². The molecule has 1 aromatic heterocycles. The highest BCUT2D eigenvalue weighted by Gasteiger charge is 2.20. The lowest BCUT2D eigenvalue weighted by Gasteiger charge is -2.34. The maximum Gasteiger partial charge on any atom is 0.0543 e. The Bertz CT molecular complexity index is 442. The molecule has 2 fully saturated rings. The van der Waals surface area contributed by atoms with Gasteiger partial charge in [-0.25, -0.2) is 0 Å². The van der Waals surface area contributed by atoms with Crippen molar-refractivity contribution < 1.29 is 0 Å². The van der Waals surface area contributed by atoms with Crippen molar-refractivity contribution in [1.29, 1.82) is 0 Å². The number of nitrogens with one attached hydrogen (secondary N) is 1. The number of hydrogen-bond acceptors (Lipinski definition) is 4. The molecular formula is C19H32N4. The van der Waals surface area contributed by atoms with Gasteiger partial charge in [0.1, 0.15) is 0 Å². The molecule has 0 amide bonds. The molecule has 0 aliphatic carbocycles. The van der Waals surface area contributed by atoms with Crippen LogP contribution in [0, 0.1) is 5.92 Å². The summed E-state index contributed by atoms with van der Waals surface area (Å²) in [6, 6.07) is 6.90. The van der Waals surface area contributed by atoms with Crippen LogP contribution >= 0.6 is 0 Å². The second kappa shape index (κ2) is 8.76. The molecule has 128 valence electrons. The Morgan fingerprint density at radius 2 is 2.00 bits per heavy atom. The first-order chi connectivity index (χ1) is 11.3. The van der Waals surface area contributed by atoms with Gasteiger partial charge in [-0.2, -0.15) is 0 Å². The molecule has 3 rings (SSSR count). The molecule has 4 heteroatoms. The summed E-state index contributed by atoms with van der Waals surface area (Å²) in [4.78, 5) is 9.61. The smallest absolute Gasteiger partial charge is 0.0543 e. The topological polar surface area (TPSA) is 31.4 Å². The molecule has 0 unspecified atom stereocenters. The summed E-state index contributed by atoms with van der Waals surface area (Å²) >= 11 is 0. The number of hydrogen-bond donors (Lipinski definition) is 1. The standard InChI is InChI=1S/C19H32N4/c1-17-5-4-11-22(15-17)14-10-21-18-7-12-23(13-8-18)16-19-6-2-3-9-20-19/h2-3,6,9,17-18,21H,4-5,7-8,10-16H2,1H3/t17-/m1/s1. The molecule has 0 radical (unpaired) electrons. The zero-order valence-electron chi connectivity index (χ0n) is 14.6. The van der Waals surface area contributed by atoms with Gasteiger partial charge in [-0.05, 0) is 50.3 Å². The van der Waals surface area contributed by atoms with Gasteiger partial charge in [-0.15, -0.1) is 0 Å². The van der Waals surface area contributed by atoms with E-state index in [1.165, 1.54) is 64.1 Å². The number of likely N-dealkylation sites (tertiary alicyclic amines) is 2. The average Bonchev–Trinajstić information content (AvgIpc) is 2.58. The Balaban J connectivity index is 1.30. The summed E-state index contributed by atoms with van der Waals surface area (Å²) in [7, 11) is 0. The Labute approximate surface area is 141 Å². The van der Waals surface area contributed by atoms with Crippen molar-refractivity contribution in [2.75, 3.05) is 39.3 Å². The van der Waals surface area contributed by atoms with E-state index in [-0.39, 0.29) is 0 Å². The predicted molar refractivity (Wildman–Crippen MR) is 95.4 cm³/mol. The van der Waals surface area contributed by atoms with E-state index < -0.39 is 0 Å². The molecule has 3 heterocycles. The van der Waals surface area contributed by atoms with Crippen LogP contribution in [0.1, 0.15) is 38.3 Å². The maximum absolute atomic E-state index is 4.44. The number of pyridine rings is 1. The molecule has 0 aromatic carbocycles. The normalized spacial score (nSPS) is 24.8. The second-order valence-corrected chi connectivity index (χ2v) is 7.37. The minimum atomic E-state index is 0.706. The van der Waals surface area contributed by atoms with Crippen molar-refractivity contribution in [2.45, 2.75) is 45.2 Å². The molecule has 2 saturated heterocycles. The molecule has 2 aliphatic rings.